The first-order valence-electron chi connectivity index (χ1n) is 11.6. The fourth-order valence-corrected chi connectivity index (χ4v) is 3.72. The van der Waals surface area contributed by atoms with E-state index in [0.717, 1.165) is 19.3 Å². The molecule has 0 radical (unpaired) electrons. The van der Waals surface area contributed by atoms with Crippen molar-refractivity contribution in [1.82, 2.24) is 30.8 Å². The van der Waals surface area contributed by atoms with E-state index in [2.05, 4.69) is 25.9 Å². The molecular weight excluding hydrogens is 502 g/mol. The van der Waals surface area contributed by atoms with Gasteiger partial charge in [0.1, 0.15) is 11.9 Å². The Hall–Kier alpha value is -3.62. The molecule has 2 heterocycles. The monoisotopic (exact) mass is 531 g/mol. The fourth-order valence-electron chi connectivity index (χ4n) is 3.72. The molecule has 0 aliphatic carbocycles. The lowest BCUT2D eigenvalue weighted by Crippen LogP contribution is -2.47. The number of rotatable bonds is 10. The van der Waals surface area contributed by atoms with Crippen molar-refractivity contribution in [3.8, 4) is 0 Å². The molecule has 15 heteroatoms. The van der Waals surface area contributed by atoms with Gasteiger partial charge in [-0.05, 0) is 43.7 Å². The summed E-state index contributed by atoms with van der Waals surface area (Å²) in [5.41, 5.74) is 6.58. The number of likely N-dealkylation sites (tertiary alicyclic amines) is 1. The van der Waals surface area contributed by atoms with Gasteiger partial charge in [-0.1, -0.05) is 23.4 Å². The number of H-pyrrole nitrogens is 1. The lowest BCUT2D eigenvalue weighted by atomic mass is 10.0. The summed E-state index contributed by atoms with van der Waals surface area (Å²) in [6.45, 7) is 1.07. The Labute approximate surface area is 209 Å². The number of alkyl halides is 3. The maximum Gasteiger partial charge on any atom is 0.490 e. The molecular formula is C22H29F4N7O4. The number of hydrogen-bond acceptors (Lipinski definition) is 7. The van der Waals surface area contributed by atoms with Gasteiger partial charge in [-0.2, -0.15) is 18.4 Å². The SMILES string of the molecule is NC(CC(=O)N1CCC[C@H]1C(=O)NCCCCc1nn[nH]n1)Cc1ccccc1F.O=C(O)C(F)(F)F. The molecule has 1 fully saturated rings. The van der Waals surface area contributed by atoms with Gasteiger partial charge in [0, 0.05) is 32.0 Å². The van der Waals surface area contributed by atoms with Crippen LogP contribution in [-0.2, 0) is 27.2 Å². The third-order valence-electron chi connectivity index (χ3n) is 5.51. The van der Waals surface area contributed by atoms with Gasteiger partial charge in [0.25, 0.3) is 0 Å². The first-order chi connectivity index (χ1) is 17.5. The van der Waals surface area contributed by atoms with Crippen LogP contribution in [0.4, 0.5) is 17.6 Å². The Bertz CT molecular complexity index is 1020. The first kappa shape index (κ1) is 29.6. The second-order valence-electron chi connectivity index (χ2n) is 8.38. The molecule has 0 saturated carbocycles. The minimum Gasteiger partial charge on any atom is -0.475 e. The summed E-state index contributed by atoms with van der Waals surface area (Å²) in [4.78, 5) is 35.8. The molecule has 1 aromatic carbocycles. The fraction of sp³-hybridized carbons (Fsp3) is 0.545. The molecule has 0 bridgehead atoms. The number of nitrogens with two attached hydrogens (primary N) is 1. The van der Waals surface area contributed by atoms with E-state index in [1.807, 2.05) is 0 Å². The van der Waals surface area contributed by atoms with Crippen LogP contribution in [0.15, 0.2) is 24.3 Å². The predicted molar refractivity (Wildman–Crippen MR) is 121 cm³/mol. The van der Waals surface area contributed by atoms with Crippen molar-refractivity contribution >= 4 is 17.8 Å². The number of carboxylic acids is 1. The van der Waals surface area contributed by atoms with E-state index in [4.69, 9.17) is 15.6 Å². The smallest absolute Gasteiger partial charge is 0.475 e. The summed E-state index contributed by atoms with van der Waals surface area (Å²) in [5.74, 6) is -2.72. The first-order valence-corrected chi connectivity index (χ1v) is 11.6. The van der Waals surface area contributed by atoms with Crippen molar-refractivity contribution in [2.75, 3.05) is 13.1 Å². The molecule has 11 nitrogen and oxygen atoms in total. The van der Waals surface area contributed by atoms with Crippen molar-refractivity contribution in [2.45, 2.75) is 63.2 Å². The second kappa shape index (κ2) is 14.2. The highest BCUT2D eigenvalue weighted by molar-refractivity contribution is 5.88. The van der Waals surface area contributed by atoms with Gasteiger partial charge >= 0.3 is 12.1 Å². The van der Waals surface area contributed by atoms with E-state index < -0.39 is 24.2 Å². The summed E-state index contributed by atoms with van der Waals surface area (Å²) in [7, 11) is 0. The summed E-state index contributed by atoms with van der Waals surface area (Å²) in [6, 6.07) is 5.46. The summed E-state index contributed by atoms with van der Waals surface area (Å²) < 4.78 is 45.5. The zero-order valence-electron chi connectivity index (χ0n) is 19.9. The van der Waals surface area contributed by atoms with Crippen LogP contribution in [0.3, 0.4) is 0 Å². The number of nitrogens with zero attached hydrogens (tertiary/aromatic N) is 4. The van der Waals surface area contributed by atoms with Crippen LogP contribution in [0, 0.1) is 5.82 Å². The number of carbonyl (C=O) groups excluding carboxylic acids is 2. The largest absolute Gasteiger partial charge is 0.490 e. The van der Waals surface area contributed by atoms with Gasteiger partial charge < -0.3 is 21.1 Å². The normalized spacial score (nSPS) is 16.0. The number of aryl methyl sites for hydroxylation is 1. The highest BCUT2D eigenvalue weighted by Crippen LogP contribution is 2.20. The van der Waals surface area contributed by atoms with Crippen molar-refractivity contribution in [1.29, 1.82) is 0 Å². The average Bonchev–Trinajstić information content (AvgIpc) is 3.52. The molecule has 1 aliphatic heterocycles. The summed E-state index contributed by atoms with van der Waals surface area (Å²) in [6.07, 6.45) is -0.980. The number of aliphatic carboxylic acids is 1. The molecule has 2 aromatic rings. The molecule has 0 spiro atoms. The number of aromatic nitrogens is 4. The molecule has 1 unspecified atom stereocenters. The predicted octanol–water partition coefficient (Wildman–Crippen LogP) is 1.36. The molecule has 1 aromatic heterocycles. The van der Waals surface area contributed by atoms with Crippen LogP contribution >= 0.6 is 0 Å². The van der Waals surface area contributed by atoms with E-state index >= 15 is 0 Å². The molecule has 1 saturated heterocycles. The summed E-state index contributed by atoms with van der Waals surface area (Å²) >= 11 is 0. The van der Waals surface area contributed by atoms with Gasteiger partial charge in [0.15, 0.2) is 5.82 Å². The van der Waals surface area contributed by atoms with Gasteiger partial charge in [-0.25, -0.2) is 9.18 Å². The highest BCUT2D eigenvalue weighted by Gasteiger charge is 2.38. The van der Waals surface area contributed by atoms with Crippen molar-refractivity contribution in [3.05, 3.63) is 41.5 Å². The minimum atomic E-state index is -5.08. The van der Waals surface area contributed by atoms with E-state index in [-0.39, 0.29) is 30.5 Å². The number of carboxylic acid groups (broad SMARTS) is 1. The lowest BCUT2D eigenvalue weighted by Gasteiger charge is -2.25. The van der Waals surface area contributed by atoms with Crippen LogP contribution in [0.1, 0.15) is 43.5 Å². The van der Waals surface area contributed by atoms with Crippen LogP contribution < -0.4 is 11.1 Å². The number of hydrogen-bond donors (Lipinski definition) is 4. The maximum absolute atomic E-state index is 13.8. The molecule has 37 heavy (non-hydrogen) atoms. The highest BCUT2D eigenvalue weighted by atomic mass is 19.4. The Balaban J connectivity index is 0.000000604. The molecule has 2 atom stereocenters. The van der Waals surface area contributed by atoms with Crippen molar-refractivity contribution < 1.29 is 37.1 Å². The lowest BCUT2D eigenvalue weighted by molar-refractivity contribution is -0.192. The van der Waals surface area contributed by atoms with E-state index in [0.29, 0.717) is 37.3 Å². The van der Waals surface area contributed by atoms with Gasteiger partial charge in [-0.15, -0.1) is 10.2 Å². The van der Waals surface area contributed by atoms with Crippen LogP contribution in [0.25, 0.3) is 0 Å². The van der Waals surface area contributed by atoms with Crippen LogP contribution in [-0.4, -0.2) is 79.8 Å². The van der Waals surface area contributed by atoms with Gasteiger partial charge in [0.2, 0.25) is 11.8 Å². The number of unbranched alkanes of at least 4 members (excludes halogenated alkanes) is 1. The van der Waals surface area contributed by atoms with Crippen molar-refractivity contribution in [3.63, 3.8) is 0 Å². The third-order valence-corrected chi connectivity index (χ3v) is 5.51. The number of benzene rings is 1. The average molecular weight is 532 g/mol. The number of carbonyl (C=O) groups is 3. The zero-order chi connectivity index (χ0) is 27.4. The topological polar surface area (TPSA) is 167 Å². The number of amides is 2. The molecule has 204 valence electrons. The quantitative estimate of drug-likeness (QED) is 0.263. The Kier molecular flexibility index (Phi) is 11.4. The van der Waals surface area contributed by atoms with Gasteiger partial charge in [0.05, 0.1) is 0 Å². The molecule has 2 amide bonds. The standard InChI is InChI=1S/C20H28FN7O2.C2HF3O2/c21-16-7-2-1-6-14(16)12-15(22)13-19(29)28-11-5-8-17(28)20(30)23-10-4-3-9-18-24-26-27-25-18;3-2(4,5)1(6)7/h1-2,6-7,15,17H,3-5,8-13,22H2,(H,23,30)(H,24,25,26,27);(H,6,7)/t15?,17-;/m0./s1. The Morgan fingerprint density at radius 3 is 2.57 bits per heavy atom. The van der Waals surface area contributed by atoms with E-state index in [1.54, 1.807) is 23.1 Å². The van der Waals surface area contributed by atoms with E-state index in [9.17, 15) is 27.2 Å². The maximum atomic E-state index is 13.8. The van der Waals surface area contributed by atoms with Crippen molar-refractivity contribution in [2.24, 2.45) is 5.73 Å². The number of tetrazole rings is 1. The molecule has 3 rings (SSSR count). The summed E-state index contributed by atoms with van der Waals surface area (Å²) in [5, 5.41) is 23.7. The molecule has 1 aliphatic rings. The van der Waals surface area contributed by atoms with Crippen LogP contribution in [0.5, 0.6) is 0 Å². The third kappa shape index (κ3) is 10.1. The molecule has 5 N–H and O–H groups in total. The zero-order valence-corrected chi connectivity index (χ0v) is 19.9. The number of nitrogens with one attached hydrogen (secondary N) is 2. The Morgan fingerprint density at radius 1 is 1.24 bits per heavy atom. The van der Waals surface area contributed by atoms with E-state index in [1.165, 1.54) is 6.07 Å². The second-order valence-corrected chi connectivity index (χ2v) is 8.38. The number of halogens is 4. The van der Waals surface area contributed by atoms with Gasteiger partial charge in [-0.3, -0.25) is 9.59 Å². The Morgan fingerprint density at radius 2 is 1.95 bits per heavy atom. The minimum absolute atomic E-state index is 0.0861. The number of aromatic amines is 1. The van der Waals surface area contributed by atoms with Crippen LogP contribution in [0.2, 0.25) is 0 Å².